The van der Waals surface area contributed by atoms with Gasteiger partial charge in [-0.05, 0) is 36.6 Å². The van der Waals surface area contributed by atoms with E-state index in [0.29, 0.717) is 12.7 Å². The minimum Gasteiger partial charge on any atom is -0.383 e. The Balaban J connectivity index is 0.000000172. The van der Waals surface area contributed by atoms with Crippen LogP contribution in [0, 0.1) is 0 Å². The van der Waals surface area contributed by atoms with Crippen molar-refractivity contribution < 1.29 is 9.53 Å². The molecule has 1 aliphatic rings. The highest BCUT2D eigenvalue weighted by molar-refractivity contribution is 6.30. The molecule has 0 aliphatic heterocycles. The van der Waals surface area contributed by atoms with Gasteiger partial charge in [-0.3, -0.25) is 9.48 Å². The molecule has 7 nitrogen and oxygen atoms in total. The van der Waals surface area contributed by atoms with Crippen LogP contribution in [-0.4, -0.2) is 26.8 Å². The van der Waals surface area contributed by atoms with E-state index in [1.807, 2.05) is 31.4 Å². The number of carbonyl (C=O) groups excluding carboxylic acids is 1. The van der Waals surface area contributed by atoms with E-state index in [-0.39, 0.29) is 11.4 Å². The van der Waals surface area contributed by atoms with Gasteiger partial charge in [0.25, 0.3) is 5.91 Å². The van der Waals surface area contributed by atoms with Crippen LogP contribution >= 0.6 is 11.6 Å². The van der Waals surface area contributed by atoms with Crippen molar-refractivity contribution in [1.29, 1.82) is 0 Å². The van der Waals surface area contributed by atoms with E-state index in [2.05, 4.69) is 16.1 Å². The van der Waals surface area contributed by atoms with Crippen LogP contribution in [0.1, 0.15) is 41.6 Å². The van der Waals surface area contributed by atoms with E-state index >= 15 is 0 Å². The summed E-state index contributed by atoms with van der Waals surface area (Å²) in [5.41, 5.74) is 13.7. The molecule has 0 unspecified atom stereocenters. The molecule has 1 aliphatic carbocycles. The highest BCUT2D eigenvalue weighted by Crippen LogP contribution is 2.23. The first-order chi connectivity index (χ1) is 14.4. The summed E-state index contributed by atoms with van der Waals surface area (Å²) >= 11 is 5.88. The topological polar surface area (TPSA) is 109 Å². The van der Waals surface area contributed by atoms with Crippen LogP contribution in [0.5, 0.6) is 0 Å². The lowest BCUT2D eigenvalue weighted by Gasteiger charge is -2.10. The summed E-state index contributed by atoms with van der Waals surface area (Å²) in [7, 11) is 1.81. The number of pyridine rings is 1. The van der Waals surface area contributed by atoms with E-state index in [0.717, 1.165) is 16.1 Å². The molecule has 0 saturated heterocycles. The molecule has 158 valence electrons. The predicted octanol–water partition coefficient (Wildman–Crippen LogP) is 3.96. The quantitative estimate of drug-likeness (QED) is 0.640. The van der Waals surface area contributed by atoms with Crippen molar-refractivity contribution >= 4 is 23.3 Å². The molecule has 1 aromatic carbocycles. The lowest BCUT2D eigenvalue weighted by atomic mass is 10.1. The van der Waals surface area contributed by atoms with E-state index in [1.54, 1.807) is 23.1 Å². The summed E-state index contributed by atoms with van der Waals surface area (Å²) in [6, 6.07) is 9.50. The number of nitrogen functional groups attached to an aromatic ring is 1. The van der Waals surface area contributed by atoms with Crippen molar-refractivity contribution in [3.05, 3.63) is 65.1 Å². The molecule has 1 fully saturated rings. The van der Waals surface area contributed by atoms with Crippen molar-refractivity contribution in [2.24, 2.45) is 12.8 Å². The summed E-state index contributed by atoms with van der Waals surface area (Å²) in [6.07, 6.45) is 10.6. The normalized spacial score (nSPS) is 13.7. The molecule has 0 bridgehead atoms. The van der Waals surface area contributed by atoms with Gasteiger partial charge in [-0.2, -0.15) is 5.10 Å². The van der Waals surface area contributed by atoms with Crippen molar-refractivity contribution in [2.75, 3.05) is 5.73 Å². The summed E-state index contributed by atoms with van der Waals surface area (Å²) in [6.45, 7) is 0.700. The molecule has 4 rings (SSSR count). The number of benzene rings is 1. The number of amides is 1. The van der Waals surface area contributed by atoms with Gasteiger partial charge in [-0.15, -0.1) is 0 Å². The Bertz CT molecular complexity index is 999. The van der Waals surface area contributed by atoms with Gasteiger partial charge >= 0.3 is 0 Å². The number of nitrogens with two attached hydrogens (primary N) is 2. The third-order valence-corrected chi connectivity index (χ3v) is 5.13. The Morgan fingerprint density at radius 3 is 2.63 bits per heavy atom. The lowest BCUT2D eigenvalue weighted by molar-refractivity contribution is 0.0457. The summed E-state index contributed by atoms with van der Waals surface area (Å²) in [4.78, 5) is 15.0. The second-order valence-corrected chi connectivity index (χ2v) is 7.71. The number of nitrogens with zero attached hydrogens (tertiary/aromatic N) is 3. The number of primary amides is 1. The number of aryl methyl sites for hydroxylation is 1. The van der Waals surface area contributed by atoms with Gasteiger partial charge in [0.1, 0.15) is 5.82 Å². The largest absolute Gasteiger partial charge is 0.383 e. The molecular formula is C22H26ClN5O2. The van der Waals surface area contributed by atoms with E-state index in [4.69, 9.17) is 27.8 Å². The summed E-state index contributed by atoms with van der Waals surface area (Å²) in [5, 5.41) is 4.82. The number of ether oxygens (including phenoxy) is 1. The van der Waals surface area contributed by atoms with Crippen molar-refractivity contribution in [3.63, 3.8) is 0 Å². The second kappa shape index (κ2) is 10.2. The average molecular weight is 428 g/mol. The molecule has 0 atom stereocenters. The van der Waals surface area contributed by atoms with Crippen LogP contribution in [-0.2, 0) is 18.4 Å². The highest BCUT2D eigenvalue weighted by Gasteiger charge is 2.15. The van der Waals surface area contributed by atoms with Crippen LogP contribution in [0.2, 0.25) is 5.02 Å². The third-order valence-electron chi connectivity index (χ3n) is 4.90. The molecule has 3 aromatic rings. The zero-order valence-corrected chi connectivity index (χ0v) is 17.7. The summed E-state index contributed by atoms with van der Waals surface area (Å²) in [5.74, 6) is -0.448. The van der Waals surface area contributed by atoms with Crippen molar-refractivity contribution in [2.45, 2.75) is 38.4 Å². The van der Waals surface area contributed by atoms with Crippen molar-refractivity contribution in [1.82, 2.24) is 14.8 Å². The molecular weight excluding hydrogens is 402 g/mol. The van der Waals surface area contributed by atoms with Gasteiger partial charge in [0.05, 0.1) is 24.5 Å². The van der Waals surface area contributed by atoms with E-state index < -0.39 is 5.91 Å². The molecule has 2 heterocycles. The Morgan fingerprint density at radius 1 is 1.23 bits per heavy atom. The fourth-order valence-corrected chi connectivity index (χ4v) is 3.51. The fourth-order valence-electron chi connectivity index (χ4n) is 3.30. The second-order valence-electron chi connectivity index (χ2n) is 7.27. The minimum atomic E-state index is -0.587. The molecule has 2 aromatic heterocycles. The number of rotatable bonds is 5. The molecule has 30 heavy (non-hydrogen) atoms. The molecule has 0 spiro atoms. The Kier molecular flexibility index (Phi) is 7.43. The van der Waals surface area contributed by atoms with Gasteiger partial charge in [-0.25, -0.2) is 4.98 Å². The molecule has 1 saturated carbocycles. The fraction of sp³-hybridized carbons (Fsp3) is 0.318. The van der Waals surface area contributed by atoms with Crippen LogP contribution in [0.3, 0.4) is 0 Å². The monoisotopic (exact) mass is 427 g/mol. The molecule has 4 N–H and O–H groups in total. The van der Waals surface area contributed by atoms with Gasteiger partial charge in [0.15, 0.2) is 0 Å². The van der Waals surface area contributed by atoms with Gasteiger partial charge in [0.2, 0.25) is 0 Å². The number of anilines is 1. The van der Waals surface area contributed by atoms with Crippen LogP contribution < -0.4 is 11.5 Å². The zero-order chi connectivity index (χ0) is 21.5. The lowest BCUT2D eigenvalue weighted by Crippen LogP contribution is -2.14. The molecule has 8 heteroatoms. The third kappa shape index (κ3) is 6.05. The Hall–Kier alpha value is -2.90. The van der Waals surface area contributed by atoms with Gasteiger partial charge in [0, 0.05) is 35.6 Å². The zero-order valence-electron chi connectivity index (χ0n) is 16.9. The smallest absolute Gasteiger partial charge is 0.252 e. The number of hydrogen-bond acceptors (Lipinski definition) is 5. The first-order valence-electron chi connectivity index (χ1n) is 9.83. The average Bonchev–Trinajstić information content (AvgIpc) is 3.39. The number of carbonyl (C=O) groups is 1. The van der Waals surface area contributed by atoms with Gasteiger partial charge < -0.3 is 16.2 Å². The maximum atomic E-state index is 11.1. The SMILES string of the molecule is Clc1cccc(COC2CCCC2)c1.Cn1cc(-c2cnc(N)c(C(N)=O)c2)cn1. The van der Waals surface area contributed by atoms with Crippen LogP contribution in [0.15, 0.2) is 48.9 Å². The standard InChI is InChI=1S/C12H15ClO.C10H11N5O/c13-11-5-3-4-10(8-11)9-14-12-6-1-2-7-12;1-15-5-7(4-14-15)6-2-8(10(12)16)9(11)13-3-6/h3-5,8,12H,1-2,6-7,9H2;2-5H,1H3,(H2,11,13)(H2,12,16). The Morgan fingerprint density at radius 2 is 2.00 bits per heavy atom. The first-order valence-corrected chi connectivity index (χ1v) is 10.2. The minimum absolute atomic E-state index is 0.139. The Labute approximate surface area is 181 Å². The van der Waals surface area contributed by atoms with Crippen LogP contribution in [0.4, 0.5) is 5.82 Å². The first kappa shape index (κ1) is 21.8. The van der Waals surface area contributed by atoms with Crippen molar-refractivity contribution in [3.8, 4) is 11.1 Å². The highest BCUT2D eigenvalue weighted by atomic mass is 35.5. The number of hydrogen-bond donors (Lipinski definition) is 2. The number of aromatic nitrogens is 3. The van der Waals surface area contributed by atoms with Gasteiger partial charge in [-0.1, -0.05) is 36.6 Å². The predicted molar refractivity (Wildman–Crippen MR) is 118 cm³/mol. The maximum Gasteiger partial charge on any atom is 0.252 e. The maximum absolute atomic E-state index is 11.1. The summed E-state index contributed by atoms with van der Waals surface area (Å²) < 4.78 is 7.45. The molecule has 0 radical (unpaired) electrons. The number of halogens is 1. The van der Waals surface area contributed by atoms with Crippen LogP contribution in [0.25, 0.3) is 11.1 Å². The van der Waals surface area contributed by atoms with E-state index in [9.17, 15) is 4.79 Å². The molecule has 1 amide bonds. The van der Waals surface area contributed by atoms with E-state index in [1.165, 1.54) is 31.2 Å².